The van der Waals surface area contributed by atoms with Gasteiger partial charge >= 0.3 is 0 Å². The van der Waals surface area contributed by atoms with Crippen LogP contribution in [0, 0.1) is 6.92 Å². The Balaban J connectivity index is 0.00000288. The fraction of sp³-hybridized carbons (Fsp3) is 0.500. The zero-order valence-corrected chi connectivity index (χ0v) is 16.9. The van der Waals surface area contributed by atoms with Crippen molar-refractivity contribution >= 4 is 29.9 Å². The monoisotopic (exact) mass is 447 g/mol. The van der Waals surface area contributed by atoms with Gasteiger partial charge in [0.2, 0.25) is 0 Å². The Kier molecular flexibility index (Phi) is 7.74. The van der Waals surface area contributed by atoms with Crippen LogP contribution in [0.5, 0.6) is 0 Å². The van der Waals surface area contributed by atoms with Gasteiger partial charge in [-0.2, -0.15) is 5.10 Å². The molecule has 0 saturated carbocycles. The van der Waals surface area contributed by atoms with Gasteiger partial charge in [-0.1, -0.05) is 0 Å². The number of aliphatic imine (C=N–C) groups is 1. The van der Waals surface area contributed by atoms with Gasteiger partial charge in [0.05, 0.1) is 18.8 Å². The molecule has 134 valence electrons. The van der Waals surface area contributed by atoms with E-state index in [9.17, 15) is 5.11 Å². The molecule has 24 heavy (non-hydrogen) atoms. The summed E-state index contributed by atoms with van der Waals surface area (Å²) in [6, 6.07) is 5.55. The van der Waals surface area contributed by atoms with Crippen LogP contribution in [0.15, 0.2) is 33.8 Å². The number of aryl methyl sites for hydroxylation is 2. The van der Waals surface area contributed by atoms with Crippen molar-refractivity contribution in [2.75, 3.05) is 13.1 Å². The number of aromatic nitrogens is 2. The van der Waals surface area contributed by atoms with E-state index >= 15 is 0 Å². The number of nitrogens with zero attached hydrogens (tertiary/aromatic N) is 3. The lowest BCUT2D eigenvalue weighted by Gasteiger charge is -2.22. The van der Waals surface area contributed by atoms with Crippen molar-refractivity contribution in [3.05, 3.63) is 41.6 Å². The third kappa shape index (κ3) is 5.52. The smallest absolute Gasteiger partial charge is 0.191 e. The molecule has 0 saturated heterocycles. The number of aliphatic hydroxyl groups is 1. The maximum absolute atomic E-state index is 10.6. The summed E-state index contributed by atoms with van der Waals surface area (Å²) in [5.74, 6) is 1.94. The second kappa shape index (κ2) is 9.07. The summed E-state index contributed by atoms with van der Waals surface area (Å²) in [5.41, 5.74) is -0.104. The first kappa shape index (κ1) is 20.5. The van der Waals surface area contributed by atoms with Gasteiger partial charge in [-0.25, -0.2) is 4.99 Å². The summed E-state index contributed by atoms with van der Waals surface area (Å²) in [6.45, 7) is 7.09. The molecule has 0 aliphatic carbocycles. The van der Waals surface area contributed by atoms with E-state index in [1.807, 2.05) is 33.0 Å². The first-order valence-corrected chi connectivity index (χ1v) is 7.70. The largest absolute Gasteiger partial charge is 0.463 e. The Morgan fingerprint density at radius 3 is 2.67 bits per heavy atom. The highest BCUT2D eigenvalue weighted by Gasteiger charge is 2.27. The zero-order valence-electron chi connectivity index (χ0n) is 14.5. The molecule has 0 amide bonds. The van der Waals surface area contributed by atoms with Crippen LogP contribution < -0.4 is 10.6 Å². The van der Waals surface area contributed by atoms with Gasteiger partial charge in [-0.05, 0) is 39.0 Å². The Morgan fingerprint density at radius 1 is 1.38 bits per heavy atom. The number of rotatable bonds is 6. The van der Waals surface area contributed by atoms with Gasteiger partial charge < -0.3 is 20.2 Å². The number of guanidine groups is 1. The van der Waals surface area contributed by atoms with E-state index in [1.54, 1.807) is 23.9 Å². The van der Waals surface area contributed by atoms with Gasteiger partial charge in [0.15, 0.2) is 5.96 Å². The second-order valence-corrected chi connectivity index (χ2v) is 5.68. The van der Waals surface area contributed by atoms with E-state index in [1.165, 1.54) is 0 Å². The molecular weight excluding hydrogens is 421 g/mol. The Hall–Kier alpha value is -1.55. The van der Waals surface area contributed by atoms with E-state index in [2.05, 4.69) is 20.7 Å². The van der Waals surface area contributed by atoms with Crippen LogP contribution >= 0.6 is 24.0 Å². The average molecular weight is 447 g/mol. The van der Waals surface area contributed by atoms with Crippen LogP contribution in [-0.2, 0) is 19.2 Å². The second-order valence-electron chi connectivity index (χ2n) is 5.68. The summed E-state index contributed by atoms with van der Waals surface area (Å²) in [7, 11) is 1.88. The minimum absolute atomic E-state index is 0. The van der Waals surface area contributed by atoms with Crippen molar-refractivity contribution < 1.29 is 9.52 Å². The first-order valence-electron chi connectivity index (χ1n) is 7.70. The predicted molar refractivity (Wildman–Crippen MR) is 104 cm³/mol. The van der Waals surface area contributed by atoms with E-state index in [-0.39, 0.29) is 30.5 Å². The average Bonchev–Trinajstić information content (AvgIpc) is 3.11. The van der Waals surface area contributed by atoms with E-state index in [0.29, 0.717) is 18.3 Å². The number of halogens is 1. The van der Waals surface area contributed by atoms with Gasteiger partial charge in [0, 0.05) is 19.8 Å². The molecule has 7 nitrogen and oxygen atoms in total. The summed E-state index contributed by atoms with van der Waals surface area (Å²) >= 11 is 0. The van der Waals surface area contributed by atoms with Crippen molar-refractivity contribution in [2.24, 2.45) is 12.0 Å². The maximum atomic E-state index is 10.6. The van der Waals surface area contributed by atoms with Crippen molar-refractivity contribution in [3.8, 4) is 0 Å². The molecule has 1 atom stereocenters. The predicted octanol–water partition coefficient (Wildman–Crippen LogP) is 1.90. The minimum Gasteiger partial charge on any atom is -0.463 e. The quantitative estimate of drug-likeness (QED) is 0.358. The number of furan rings is 1. The van der Waals surface area contributed by atoms with Crippen molar-refractivity contribution in [1.29, 1.82) is 0 Å². The highest BCUT2D eigenvalue weighted by molar-refractivity contribution is 14.0. The zero-order chi connectivity index (χ0) is 16.9. The van der Waals surface area contributed by atoms with Crippen LogP contribution in [-0.4, -0.2) is 33.9 Å². The third-order valence-electron chi connectivity index (χ3n) is 3.54. The van der Waals surface area contributed by atoms with Crippen LogP contribution in [0.25, 0.3) is 0 Å². The molecule has 3 N–H and O–H groups in total. The number of nitrogens with one attached hydrogen (secondary N) is 2. The molecule has 0 fully saturated rings. The molecule has 0 aliphatic heterocycles. The molecule has 2 heterocycles. The standard InChI is InChI=1S/C16H25N5O2.HI/c1-5-17-15(18-10-13-8-9-20-21(13)4)19-11-16(3,22)14-7-6-12(2)23-14;/h6-9,22H,5,10-11H2,1-4H3,(H2,17,18,19);1H. The fourth-order valence-corrected chi connectivity index (χ4v) is 2.13. The highest BCUT2D eigenvalue weighted by atomic mass is 127. The molecule has 2 aromatic rings. The third-order valence-corrected chi connectivity index (χ3v) is 3.54. The lowest BCUT2D eigenvalue weighted by molar-refractivity contribution is 0.0378. The van der Waals surface area contributed by atoms with Crippen LogP contribution in [0.4, 0.5) is 0 Å². The summed E-state index contributed by atoms with van der Waals surface area (Å²) in [5, 5.41) is 21.0. The van der Waals surface area contributed by atoms with Crippen LogP contribution in [0.2, 0.25) is 0 Å². The van der Waals surface area contributed by atoms with E-state index in [0.717, 1.165) is 18.0 Å². The molecular formula is C16H26IN5O2. The SMILES string of the molecule is CCNC(=NCc1ccnn1C)NCC(C)(O)c1ccc(C)o1.I. The van der Waals surface area contributed by atoms with Gasteiger partial charge in [-0.15, -0.1) is 24.0 Å². The molecule has 8 heteroatoms. The molecule has 2 rings (SSSR count). The van der Waals surface area contributed by atoms with Crippen molar-refractivity contribution in [1.82, 2.24) is 20.4 Å². The summed E-state index contributed by atoms with van der Waals surface area (Å²) < 4.78 is 7.30. The van der Waals surface area contributed by atoms with Gasteiger partial charge in [-0.3, -0.25) is 4.68 Å². The lowest BCUT2D eigenvalue weighted by Crippen LogP contribution is -2.44. The fourth-order valence-electron chi connectivity index (χ4n) is 2.13. The Labute approximate surface area is 159 Å². The summed E-state index contributed by atoms with van der Waals surface area (Å²) in [6.07, 6.45) is 1.75. The normalized spacial score (nSPS) is 14.0. The molecule has 0 spiro atoms. The molecule has 2 aromatic heterocycles. The molecule has 0 radical (unpaired) electrons. The first-order chi connectivity index (χ1) is 10.9. The number of hydrogen-bond acceptors (Lipinski definition) is 4. The van der Waals surface area contributed by atoms with Crippen LogP contribution in [0.3, 0.4) is 0 Å². The Bertz CT molecular complexity index is 663. The van der Waals surface area contributed by atoms with E-state index in [4.69, 9.17) is 4.42 Å². The highest BCUT2D eigenvalue weighted by Crippen LogP contribution is 2.21. The Morgan fingerprint density at radius 2 is 2.12 bits per heavy atom. The van der Waals surface area contributed by atoms with Crippen LogP contribution in [0.1, 0.15) is 31.1 Å². The van der Waals surface area contributed by atoms with Gasteiger partial charge in [0.1, 0.15) is 17.1 Å². The molecule has 0 bridgehead atoms. The maximum Gasteiger partial charge on any atom is 0.191 e. The molecule has 0 aliphatic rings. The van der Waals surface area contributed by atoms with Crippen molar-refractivity contribution in [3.63, 3.8) is 0 Å². The minimum atomic E-state index is -1.11. The molecule has 1 unspecified atom stereocenters. The van der Waals surface area contributed by atoms with Gasteiger partial charge in [0.25, 0.3) is 0 Å². The number of hydrogen-bond donors (Lipinski definition) is 3. The molecule has 0 aromatic carbocycles. The van der Waals surface area contributed by atoms with E-state index < -0.39 is 5.60 Å². The topological polar surface area (TPSA) is 87.6 Å². The summed E-state index contributed by atoms with van der Waals surface area (Å²) in [4.78, 5) is 4.51. The lowest BCUT2D eigenvalue weighted by atomic mass is 10.0. The van der Waals surface area contributed by atoms with Crippen molar-refractivity contribution in [2.45, 2.75) is 32.9 Å².